The zero-order valence-electron chi connectivity index (χ0n) is 15.8. The van der Waals surface area contributed by atoms with Crippen LogP contribution >= 0.6 is 0 Å². The van der Waals surface area contributed by atoms with Crippen molar-refractivity contribution in [3.8, 4) is 0 Å². The Balaban J connectivity index is 2.39. The number of rotatable bonds is 6. The number of hydrogen-bond acceptors (Lipinski definition) is 4. The van der Waals surface area contributed by atoms with Crippen LogP contribution in [0.5, 0.6) is 0 Å². The summed E-state index contributed by atoms with van der Waals surface area (Å²) in [5.41, 5.74) is 4.03. The average Bonchev–Trinajstić information content (AvgIpc) is 2.59. The second-order valence-corrected chi connectivity index (χ2v) is 8.12. The van der Waals surface area contributed by atoms with Crippen molar-refractivity contribution >= 4 is 16.0 Å². The lowest BCUT2D eigenvalue weighted by Gasteiger charge is -2.20. The number of carbonyl (C=O) groups is 1. The van der Waals surface area contributed by atoms with Crippen molar-refractivity contribution < 1.29 is 17.9 Å². The van der Waals surface area contributed by atoms with Gasteiger partial charge in [-0.2, -0.15) is 0 Å². The fourth-order valence-corrected chi connectivity index (χ4v) is 4.26. The Hall–Kier alpha value is -2.18. The number of aryl methyl sites for hydroxylation is 3. The molecule has 0 radical (unpaired) electrons. The van der Waals surface area contributed by atoms with Gasteiger partial charge >= 0.3 is 5.97 Å². The normalized spacial score (nSPS) is 12.7. The summed E-state index contributed by atoms with van der Waals surface area (Å²) in [6.07, 6.45) is 0.610. The molecule has 0 fully saturated rings. The number of benzene rings is 2. The predicted molar refractivity (Wildman–Crippen MR) is 102 cm³/mol. The van der Waals surface area contributed by atoms with Crippen LogP contribution in [-0.2, 0) is 14.8 Å². The van der Waals surface area contributed by atoms with E-state index in [9.17, 15) is 13.2 Å². The first-order valence-corrected chi connectivity index (χ1v) is 9.96. The lowest BCUT2D eigenvalue weighted by Crippen LogP contribution is -2.29. The first-order valence-electron chi connectivity index (χ1n) is 8.48. The van der Waals surface area contributed by atoms with Gasteiger partial charge in [-0.3, -0.25) is 0 Å². The topological polar surface area (TPSA) is 72.5 Å². The Morgan fingerprint density at radius 1 is 1.08 bits per heavy atom. The first kappa shape index (κ1) is 20.1. The van der Waals surface area contributed by atoms with Crippen LogP contribution in [0.25, 0.3) is 0 Å². The highest BCUT2D eigenvalue weighted by atomic mass is 32.2. The first-order chi connectivity index (χ1) is 12.2. The predicted octanol–water partition coefficient (Wildman–Crippen LogP) is 3.83. The summed E-state index contributed by atoms with van der Waals surface area (Å²) in [6, 6.07) is 10.1. The standard InChI is InChI=1S/C20H25NO4S/c1-6-19(17-10-7-13(2)11-15(17)4)21-26(23,24)16-9-8-14(3)18(12-16)20(22)25-5/h7-12,19,21H,6H2,1-5H3/t19-/m0/s1. The Labute approximate surface area is 155 Å². The smallest absolute Gasteiger partial charge is 0.338 e. The van der Waals surface area contributed by atoms with Gasteiger partial charge in [0.05, 0.1) is 17.6 Å². The fraction of sp³-hybridized carbons (Fsp3) is 0.350. The molecule has 2 aromatic carbocycles. The Bertz CT molecular complexity index is 919. The molecule has 0 aliphatic rings. The largest absolute Gasteiger partial charge is 0.465 e. The lowest BCUT2D eigenvalue weighted by molar-refractivity contribution is 0.0599. The minimum absolute atomic E-state index is 0.0479. The van der Waals surface area contributed by atoms with Crippen molar-refractivity contribution in [1.29, 1.82) is 0 Å². The maximum atomic E-state index is 12.9. The van der Waals surface area contributed by atoms with E-state index in [1.54, 1.807) is 13.0 Å². The van der Waals surface area contributed by atoms with Crippen LogP contribution in [-0.4, -0.2) is 21.5 Å². The molecule has 2 aromatic rings. The Kier molecular flexibility index (Phi) is 6.21. The average molecular weight is 375 g/mol. The van der Waals surface area contributed by atoms with Crippen LogP contribution in [0.2, 0.25) is 0 Å². The molecular formula is C20H25NO4S. The van der Waals surface area contributed by atoms with Gasteiger partial charge in [0.1, 0.15) is 0 Å². The molecule has 6 heteroatoms. The van der Waals surface area contributed by atoms with Crippen LogP contribution in [0.3, 0.4) is 0 Å². The van der Waals surface area contributed by atoms with Crippen molar-refractivity contribution in [1.82, 2.24) is 4.72 Å². The number of nitrogens with one attached hydrogen (secondary N) is 1. The van der Waals surface area contributed by atoms with Crippen LogP contribution in [0, 0.1) is 20.8 Å². The van der Waals surface area contributed by atoms with E-state index < -0.39 is 16.0 Å². The molecule has 0 aliphatic heterocycles. The molecule has 0 unspecified atom stereocenters. The zero-order chi connectivity index (χ0) is 19.5. The second-order valence-electron chi connectivity index (χ2n) is 6.41. The third-order valence-corrected chi connectivity index (χ3v) is 5.90. The molecule has 0 saturated heterocycles. The third-order valence-electron chi connectivity index (χ3n) is 4.43. The van der Waals surface area contributed by atoms with E-state index in [1.807, 2.05) is 39.0 Å². The molecule has 0 aliphatic carbocycles. The zero-order valence-corrected chi connectivity index (χ0v) is 16.6. The maximum absolute atomic E-state index is 12.9. The van der Waals surface area contributed by atoms with E-state index in [2.05, 4.69) is 4.72 Å². The van der Waals surface area contributed by atoms with E-state index in [-0.39, 0.29) is 16.5 Å². The number of carbonyl (C=O) groups excluding carboxylic acids is 1. The minimum Gasteiger partial charge on any atom is -0.465 e. The van der Waals surface area contributed by atoms with Crippen LogP contribution in [0.15, 0.2) is 41.3 Å². The summed E-state index contributed by atoms with van der Waals surface area (Å²) in [5, 5.41) is 0. The number of sulfonamides is 1. The van der Waals surface area contributed by atoms with Crippen molar-refractivity contribution in [2.75, 3.05) is 7.11 Å². The summed E-state index contributed by atoms with van der Waals surface area (Å²) >= 11 is 0. The molecule has 0 aromatic heterocycles. The van der Waals surface area contributed by atoms with Gasteiger partial charge in [-0.05, 0) is 56.0 Å². The highest BCUT2D eigenvalue weighted by Crippen LogP contribution is 2.25. The quantitative estimate of drug-likeness (QED) is 0.779. The molecule has 5 nitrogen and oxygen atoms in total. The highest BCUT2D eigenvalue weighted by molar-refractivity contribution is 7.89. The van der Waals surface area contributed by atoms with E-state index >= 15 is 0 Å². The number of hydrogen-bond donors (Lipinski definition) is 1. The molecule has 1 atom stereocenters. The molecule has 26 heavy (non-hydrogen) atoms. The van der Waals surface area contributed by atoms with Gasteiger partial charge in [-0.25, -0.2) is 17.9 Å². The Morgan fingerprint density at radius 3 is 2.35 bits per heavy atom. The van der Waals surface area contributed by atoms with Gasteiger partial charge in [0.15, 0.2) is 0 Å². The molecule has 1 N–H and O–H groups in total. The number of ether oxygens (including phenoxy) is 1. The van der Waals surface area contributed by atoms with Crippen molar-refractivity contribution in [2.45, 2.75) is 45.1 Å². The van der Waals surface area contributed by atoms with Gasteiger partial charge in [0.2, 0.25) is 10.0 Å². The highest BCUT2D eigenvalue weighted by Gasteiger charge is 2.23. The van der Waals surface area contributed by atoms with Crippen molar-refractivity contribution in [2.24, 2.45) is 0 Å². The molecule has 0 bridgehead atoms. The van der Waals surface area contributed by atoms with E-state index in [4.69, 9.17) is 4.74 Å². The summed E-state index contributed by atoms with van der Waals surface area (Å²) in [7, 11) is -2.51. The molecule has 140 valence electrons. The molecular weight excluding hydrogens is 350 g/mol. The van der Waals surface area contributed by atoms with E-state index in [1.165, 1.54) is 19.2 Å². The number of esters is 1. The van der Waals surface area contributed by atoms with E-state index in [0.29, 0.717) is 12.0 Å². The van der Waals surface area contributed by atoms with Gasteiger partial charge in [0.25, 0.3) is 0 Å². The van der Waals surface area contributed by atoms with Gasteiger partial charge in [0, 0.05) is 6.04 Å². The summed E-state index contributed by atoms with van der Waals surface area (Å²) in [5.74, 6) is -0.555. The van der Waals surface area contributed by atoms with Crippen molar-refractivity contribution in [3.05, 3.63) is 64.2 Å². The van der Waals surface area contributed by atoms with Crippen LogP contribution < -0.4 is 4.72 Å². The second kappa shape index (κ2) is 8.01. The van der Waals surface area contributed by atoms with Crippen molar-refractivity contribution in [3.63, 3.8) is 0 Å². The van der Waals surface area contributed by atoms with E-state index in [0.717, 1.165) is 16.7 Å². The van der Waals surface area contributed by atoms with Crippen LogP contribution in [0.4, 0.5) is 0 Å². The minimum atomic E-state index is -3.79. The summed E-state index contributed by atoms with van der Waals surface area (Å²) in [4.78, 5) is 11.9. The monoisotopic (exact) mass is 375 g/mol. The fourth-order valence-electron chi connectivity index (χ4n) is 2.94. The molecule has 0 amide bonds. The van der Waals surface area contributed by atoms with Gasteiger partial charge in [-0.15, -0.1) is 0 Å². The molecule has 0 heterocycles. The summed E-state index contributed by atoms with van der Waals surface area (Å²) < 4.78 is 33.2. The van der Waals surface area contributed by atoms with Gasteiger partial charge in [-0.1, -0.05) is 36.8 Å². The van der Waals surface area contributed by atoms with Crippen LogP contribution in [0.1, 0.15) is 52.0 Å². The molecule has 2 rings (SSSR count). The number of methoxy groups -OCH3 is 1. The maximum Gasteiger partial charge on any atom is 0.338 e. The third kappa shape index (κ3) is 4.31. The molecule has 0 spiro atoms. The SMILES string of the molecule is CC[C@H](NS(=O)(=O)c1ccc(C)c(C(=O)OC)c1)c1ccc(C)cc1C. The lowest BCUT2D eigenvalue weighted by atomic mass is 9.98. The molecule has 0 saturated carbocycles. The summed E-state index contributed by atoms with van der Waals surface area (Å²) in [6.45, 7) is 7.64. The van der Waals surface area contributed by atoms with Gasteiger partial charge < -0.3 is 4.74 Å². The Morgan fingerprint density at radius 2 is 1.77 bits per heavy atom.